The van der Waals surface area contributed by atoms with Gasteiger partial charge in [0, 0.05) is 43.0 Å². The topological polar surface area (TPSA) is 83.4 Å². The van der Waals surface area contributed by atoms with E-state index in [1.54, 1.807) is 4.68 Å². The summed E-state index contributed by atoms with van der Waals surface area (Å²) in [6.07, 6.45) is 0. The van der Waals surface area contributed by atoms with Crippen molar-refractivity contribution in [2.24, 2.45) is 0 Å². The monoisotopic (exact) mass is 480 g/mol. The summed E-state index contributed by atoms with van der Waals surface area (Å²) in [4.78, 5) is 30.0. The van der Waals surface area contributed by atoms with Gasteiger partial charge in [0.2, 0.25) is 5.91 Å². The smallest absolute Gasteiger partial charge is 0.258 e. The molecule has 0 unspecified atom stereocenters. The number of hydrogen-bond donors (Lipinski definition) is 1. The van der Waals surface area contributed by atoms with E-state index < -0.39 is 0 Å². The molecule has 8 nitrogen and oxygen atoms in total. The summed E-state index contributed by atoms with van der Waals surface area (Å²) in [5, 5.41) is 8.15. The van der Waals surface area contributed by atoms with Gasteiger partial charge in [-0.3, -0.25) is 14.3 Å². The number of anilines is 2. The minimum absolute atomic E-state index is 0.0660. The van der Waals surface area contributed by atoms with E-state index in [0.717, 1.165) is 27.8 Å². The molecule has 0 radical (unpaired) electrons. The van der Waals surface area contributed by atoms with Gasteiger partial charge in [0.15, 0.2) is 0 Å². The summed E-state index contributed by atoms with van der Waals surface area (Å²) in [6.45, 7) is 13.0. The molecule has 1 aliphatic rings. The molecule has 1 aromatic carbocycles. The molecule has 34 heavy (non-hydrogen) atoms. The molecule has 3 heterocycles. The van der Waals surface area contributed by atoms with Gasteiger partial charge in [0.25, 0.3) is 5.91 Å². The number of carbonyl (C=O) groups is 2. The molecular formula is C25H32N6O2S. The van der Waals surface area contributed by atoms with Gasteiger partial charge in [0.1, 0.15) is 11.5 Å². The summed E-state index contributed by atoms with van der Waals surface area (Å²) in [5.41, 5.74) is 4.30. The quantitative estimate of drug-likeness (QED) is 0.600. The van der Waals surface area contributed by atoms with Crippen molar-refractivity contribution in [2.45, 2.75) is 46.6 Å². The van der Waals surface area contributed by atoms with Gasteiger partial charge < -0.3 is 15.1 Å². The lowest BCUT2D eigenvalue weighted by atomic mass is 9.92. The Morgan fingerprint density at radius 2 is 1.76 bits per heavy atom. The van der Waals surface area contributed by atoms with Gasteiger partial charge in [0.05, 0.1) is 17.0 Å². The zero-order chi connectivity index (χ0) is 24.5. The largest absolute Gasteiger partial charge is 0.367 e. The highest BCUT2D eigenvalue weighted by molar-refractivity contribution is 7.10. The highest BCUT2D eigenvalue weighted by Gasteiger charge is 2.25. The first kappa shape index (κ1) is 23.9. The Morgan fingerprint density at radius 3 is 2.38 bits per heavy atom. The Balaban J connectivity index is 1.40. The summed E-state index contributed by atoms with van der Waals surface area (Å²) < 4.78 is 6.24. The zero-order valence-electron chi connectivity index (χ0n) is 20.5. The Hall–Kier alpha value is -3.20. The molecule has 2 amide bonds. The number of para-hydroxylation sites is 1. The van der Waals surface area contributed by atoms with E-state index in [9.17, 15) is 9.59 Å². The number of rotatable bonds is 5. The standard InChI is InChI=1S/C25H32N6O2S/c1-17-14-18(2)31(27-17)16-23(32)30-12-10-29(11-13-30)20-9-7-6-8-19(20)24(33)26-22-15-21(28-34-22)25(3,4)5/h6-9,14-15H,10-13,16H2,1-5H3,(H,26,33). The number of aromatic nitrogens is 3. The van der Waals surface area contributed by atoms with E-state index >= 15 is 0 Å². The molecule has 9 heteroatoms. The number of benzene rings is 1. The Labute approximate surface area is 204 Å². The maximum atomic E-state index is 13.1. The van der Waals surface area contributed by atoms with Crippen molar-refractivity contribution in [1.29, 1.82) is 0 Å². The van der Waals surface area contributed by atoms with Crippen LogP contribution in [0.3, 0.4) is 0 Å². The molecule has 1 saturated heterocycles. The van der Waals surface area contributed by atoms with Crippen LogP contribution in [-0.4, -0.2) is 57.0 Å². The van der Waals surface area contributed by atoms with Crippen LogP contribution in [0.25, 0.3) is 0 Å². The van der Waals surface area contributed by atoms with Crippen LogP contribution in [0.2, 0.25) is 0 Å². The van der Waals surface area contributed by atoms with Crippen molar-refractivity contribution in [3.05, 3.63) is 59.0 Å². The van der Waals surface area contributed by atoms with Gasteiger partial charge in [-0.2, -0.15) is 9.47 Å². The second kappa shape index (κ2) is 9.58. The molecule has 0 saturated carbocycles. The summed E-state index contributed by atoms with van der Waals surface area (Å²) >= 11 is 1.30. The van der Waals surface area contributed by atoms with Crippen molar-refractivity contribution in [1.82, 2.24) is 19.1 Å². The average molecular weight is 481 g/mol. The zero-order valence-corrected chi connectivity index (χ0v) is 21.3. The van der Waals surface area contributed by atoms with Crippen LogP contribution in [0.4, 0.5) is 10.7 Å². The first-order chi connectivity index (χ1) is 16.1. The minimum Gasteiger partial charge on any atom is -0.367 e. The SMILES string of the molecule is Cc1cc(C)n(CC(=O)N2CCN(c3ccccc3C(=O)Nc3cc(C(C)(C)C)ns3)CC2)n1. The number of hydrogen-bond acceptors (Lipinski definition) is 6. The molecule has 0 aliphatic carbocycles. The number of piperazine rings is 1. The first-order valence-electron chi connectivity index (χ1n) is 11.5. The second-order valence-electron chi connectivity index (χ2n) is 9.75. The Kier molecular flexibility index (Phi) is 6.74. The third-order valence-electron chi connectivity index (χ3n) is 6.03. The van der Waals surface area contributed by atoms with E-state index in [0.29, 0.717) is 31.7 Å². The molecule has 3 aromatic rings. The molecular weight excluding hydrogens is 448 g/mol. The van der Waals surface area contributed by atoms with Crippen LogP contribution in [0.5, 0.6) is 0 Å². The van der Waals surface area contributed by atoms with E-state index in [-0.39, 0.29) is 23.8 Å². The number of amides is 2. The maximum Gasteiger partial charge on any atom is 0.258 e. The number of aryl methyl sites for hydroxylation is 2. The second-order valence-corrected chi connectivity index (χ2v) is 10.6. The summed E-state index contributed by atoms with van der Waals surface area (Å²) in [5.74, 6) is -0.0838. The lowest BCUT2D eigenvalue weighted by molar-refractivity contribution is -0.132. The van der Waals surface area contributed by atoms with Gasteiger partial charge >= 0.3 is 0 Å². The molecule has 0 atom stereocenters. The van der Waals surface area contributed by atoms with Crippen LogP contribution in [0.1, 0.15) is 48.2 Å². The normalized spacial score (nSPS) is 14.4. The predicted molar refractivity (Wildman–Crippen MR) is 136 cm³/mol. The van der Waals surface area contributed by atoms with Gasteiger partial charge in [-0.15, -0.1) is 0 Å². The van der Waals surface area contributed by atoms with E-state index in [1.165, 1.54) is 11.5 Å². The fourth-order valence-corrected chi connectivity index (χ4v) is 4.89. The van der Waals surface area contributed by atoms with E-state index in [2.05, 4.69) is 40.5 Å². The number of nitrogens with zero attached hydrogens (tertiary/aromatic N) is 5. The fourth-order valence-electron chi connectivity index (χ4n) is 4.07. The van der Waals surface area contributed by atoms with Crippen molar-refractivity contribution in [2.75, 3.05) is 36.4 Å². The minimum atomic E-state index is -0.150. The third-order valence-corrected chi connectivity index (χ3v) is 6.73. The molecule has 0 bridgehead atoms. The first-order valence-corrected chi connectivity index (χ1v) is 12.3. The molecule has 180 valence electrons. The van der Waals surface area contributed by atoms with Crippen LogP contribution in [0.15, 0.2) is 36.4 Å². The maximum absolute atomic E-state index is 13.1. The summed E-state index contributed by atoms with van der Waals surface area (Å²) in [7, 11) is 0. The summed E-state index contributed by atoms with van der Waals surface area (Å²) in [6, 6.07) is 11.5. The average Bonchev–Trinajstić information content (AvgIpc) is 3.39. The van der Waals surface area contributed by atoms with Gasteiger partial charge in [-0.25, -0.2) is 0 Å². The lowest BCUT2D eigenvalue weighted by Gasteiger charge is -2.36. The highest BCUT2D eigenvalue weighted by atomic mass is 32.1. The highest BCUT2D eigenvalue weighted by Crippen LogP contribution is 2.28. The lowest BCUT2D eigenvalue weighted by Crippen LogP contribution is -2.50. The van der Waals surface area contributed by atoms with Gasteiger partial charge in [-0.1, -0.05) is 32.9 Å². The van der Waals surface area contributed by atoms with Crippen molar-refractivity contribution in [3.63, 3.8) is 0 Å². The Morgan fingerprint density at radius 1 is 1.06 bits per heavy atom. The van der Waals surface area contributed by atoms with Crippen LogP contribution >= 0.6 is 11.5 Å². The van der Waals surface area contributed by atoms with Crippen LogP contribution in [-0.2, 0) is 16.8 Å². The van der Waals surface area contributed by atoms with Crippen LogP contribution in [0, 0.1) is 13.8 Å². The Bertz CT molecular complexity index is 1180. The van der Waals surface area contributed by atoms with Crippen molar-refractivity contribution >= 4 is 34.0 Å². The molecule has 1 N–H and O–H groups in total. The van der Waals surface area contributed by atoms with Crippen molar-refractivity contribution < 1.29 is 9.59 Å². The molecule has 1 aliphatic heterocycles. The molecule has 4 rings (SSSR count). The third kappa shape index (κ3) is 5.30. The van der Waals surface area contributed by atoms with Crippen LogP contribution < -0.4 is 10.2 Å². The van der Waals surface area contributed by atoms with Gasteiger partial charge in [-0.05, 0) is 49.6 Å². The predicted octanol–water partition coefficient (Wildman–Crippen LogP) is 3.86. The fraction of sp³-hybridized carbons (Fsp3) is 0.440. The number of nitrogens with one attached hydrogen (secondary N) is 1. The molecule has 0 spiro atoms. The number of carbonyl (C=O) groups excluding carboxylic acids is 2. The molecule has 2 aromatic heterocycles. The van der Waals surface area contributed by atoms with E-state index in [1.807, 2.05) is 55.1 Å². The van der Waals surface area contributed by atoms with Crippen molar-refractivity contribution in [3.8, 4) is 0 Å². The van der Waals surface area contributed by atoms with E-state index in [4.69, 9.17) is 0 Å². The molecule has 1 fully saturated rings.